The van der Waals surface area contributed by atoms with E-state index in [1.54, 1.807) is 12.1 Å². The van der Waals surface area contributed by atoms with Crippen LogP contribution in [-0.2, 0) is 5.75 Å². The average molecular weight is 379 g/mol. The number of pyridine rings is 1. The summed E-state index contributed by atoms with van der Waals surface area (Å²) in [7, 11) is 0. The molecule has 3 rings (SSSR count). The first-order valence-corrected chi connectivity index (χ1v) is 8.56. The summed E-state index contributed by atoms with van der Waals surface area (Å²) in [6, 6.07) is 11.1. The third-order valence-corrected chi connectivity index (χ3v) is 5.39. The lowest BCUT2D eigenvalue weighted by atomic mass is 10.1. The minimum atomic E-state index is -0.503. The maximum atomic E-state index is 13.6. The van der Waals surface area contributed by atoms with Crippen LogP contribution in [0.5, 0.6) is 0 Å². The van der Waals surface area contributed by atoms with E-state index in [1.165, 1.54) is 30.0 Å². The quantitative estimate of drug-likeness (QED) is 0.642. The zero-order valence-corrected chi connectivity index (χ0v) is 14.4. The van der Waals surface area contributed by atoms with Crippen LogP contribution in [-0.4, -0.2) is 4.98 Å². The molecule has 0 spiro atoms. The molecule has 7 heteroatoms. The molecule has 1 aromatic heterocycles. The Morgan fingerprint density at radius 2 is 2.00 bits per heavy atom. The van der Waals surface area contributed by atoms with E-state index in [1.807, 2.05) is 12.1 Å². The van der Waals surface area contributed by atoms with Gasteiger partial charge in [0.05, 0.1) is 15.1 Å². The SMILES string of the molecule is N#Cc1c(=O)[nH]c(SCc2cccc(Cl)c2Cl)c2cc(F)ccc12. The maximum absolute atomic E-state index is 13.6. The molecule has 0 unspecified atom stereocenters. The second kappa shape index (κ2) is 6.86. The van der Waals surface area contributed by atoms with Crippen LogP contribution in [0.4, 0.5) is 4.39 Å². The van der Waals surface area contributed by atoms with Crippen LogP contribution in [0.3, 0.4) is 0 Å². The maximum Gasteiger partial charge on any atom is 0.267 e. The van der Waals surface area contributed by atoms with Gasteiger partial charge in [-0.1, -0.05) is 35.3 Å². The molecule has 24 heavy (non-hydrogen) atoms. The number of thioether (sulfide) groups is 1. The number of nitrogens with zero attached hydrogens (tertiary/aromatic N) is 1. The Hall–Kier alpha value is -2.00. The Morgan fingerprint density at radius 1 is 1.21 bits per heavy atom. The average Bonchev–Trinajstić information content (AvgIpc) is 2.56. The van der Waals surface area contributed by atoms with Crippen molar-refractivity contribution in [3.8, 4) is 6.07 Å². The molecule has 0 saturated carbocycles. The number of halogens is 3. The number of aromatic amines is 1. The van der Waals surface area contributed by atoms with Gasteiger partial charge in [-0.15, -0.1) is 11.8 Å². The van der Waals surface area contributed by atoms with Crippen LogP contribution in [0.2, 0.25) is 10.0 Å². The third kappa shape index (κ3) is 3.13. The van der Waals surface area contributed by atoms with Gasteiger partial charge in [-0.3, -0.25) is 4.79 Å². The van der Waals surface area contributed by atoms with E-state index in [-0.39, 0.29) is 5.56 Å². The third-order valence-electron chi connectivity index (χ3n) is 3.47. The Bertz CT molecular complexity index is 1040. The highest BCUT2D eigenvalue weighted by atomic mass is 35.5. The highest BCUT2D eigenvalue weighted by Crippen LogP contribution is 2.33. The highest BCUT2D eigenvalue weighted by Gasteiger charge is 2.13. The van der Waals surface area contributed by atoms with E-state index in [0.717, 1.165) is 5.56 Å². The van der Waals surface area contributed by atoms with Crippen molar-refractivity contribution in [2.75, 3.05) is 0 Å². The van der Waals surface area contributed by atoms with E-state index in [0.29, 0.717) is 31.6 Å². The van der Waals surface area contributed by atoms with Crippen LogP contribution in [0.25, 0.3) is 10.8 Å². The van der Waals surface area contributed by atoms with Crippen molar-refractivity contribution in [3.05, 3.63) is 73.7 Å². The first-order chi connectivity index (χ1) is 11.5. The van der Waals surface area contributed by atoms with Gasteiger partial charge < -0.3 is 4.98 Å². The molecule has 0 bridgehead atoms. The fraction of sp³-hybridized carbons (Fsp3) is 0.0588. The summed E-state index contributed by atoms with van der Waals surface area (Å²) >= 11 is 13.4. The van der Waals surface area contributed by atoms with E-state index in [9.17, 15) is 9.18 Å². The number of hydrogen-bond acceptors (Lipinski definition) is 3. The van der Waals surface area contributed by atoms with Crippen molar-refractivity contribution in [1.29, 1.82) is 5.26 Å². The molecule has 3 aromatic rings. The van der Waals surface area contributed by atoms with Gasteiger partial charge in [-0.25, -0.2) is 4.39 Å². The number of rotatable bonds is 3. The lowest BCUT2D eigenvalue weighted by molar-refractivity contribution is 0.629. The summed E-state index contributed by atoms with van der Waals surface area (Å²) in [5.41, 5.74) is 0.260. The first kappa shape index (κ1) is 16.8. The minimum absolute atomic E-state index is 0.0323. The van der Waals surface area contributed by atoms with Gasteiger partial charge in [0.2, 0.25) is 0 Å². The number of H-pyrrole nitrogens is 1. The summed E-state index contributed by atoms with van der Waals surface area (Å²) < 4.78 is 13.6. The van der Waals surface area contributed by atoms with Crippen molar-refractivity contribution in [3.63, 3.8) is 0 Å². The predicted octanol–water partition coefficient (Wildman–Crippen LogP) is 5.14. The Kier molecular flexibility index (Phi) is 4.81. The van der Waals surface area contributed by atoms with Gasteiger partial charge in [-0.2, -0.15) is 5.26 Å². The molecule has 0 aliphatic rings. The highest BCUT2D eigenvalue weighted by molar-refractivity contribution is 7.98. The molecule has 0 atom stereocenters. The molecule has 1 N–H and O–H groups in total. The second-order valence-corrected chi connectivity index (χ2v) is 6.73. The summed E-state index contributed by atoms with van der Waals surface area (Å²) in [6.45, 7) is 0. The minimum Gasteiger partial charge on any atom is -0.315 e. The van der Waals surface area contributed by atoms with Crippen molar-refractivity contribution in [1.82, 2.24) is 4.98 Å². The summed E-state index contributed by atoms with van der Waals surface area (Å²) in [5.74, 6) is -0.00610. The van der Waals surface area contributed by atoms with Crippen molar-refractivity contribution in [2.45, 2.75) is 10.8 Å². The van der Waals surface area contributed by atoms with E-state index >= 15 is 0 Å². The second-order valence-electron chi connectivity index (χ2n) is 4.96. The number of nitriles is 1. The molecule has 0 fully saturated rings. The van der Waals surface area contributed by atoms with E-state index < -0.39 is 11.4 Å². The molecular weight excluding hydrogens is 370 g/mol. The van der Waals surface area contributed by atoms with E-state index in [2.05, 4.69) is 4.98 Å². The van der Waals surface area contributed by atoms with Crippen molar-refractivity contribution in [2.24, 2.45) is 0 Å². The number of fused-ring (bicyclic) bond motifs is 1. The first-order valence-electron chi connectivity index (χ1n) is 6.82. The van der Waals surface area contributed by atoms with Crippen LogP contribution >= 0.6 is 35.0 Å². The molecule has 3 nitrogen and oxygen atoms in total. The van der Waals surface area contributed by atoms with Crippen molar-refractivity contribution < 1.29 is 4.39 Å². The summed E-state index contributed by atoms with van der Waals surface area (Å²) in [4.78, 5) is 14.7. The van der Waals surface area contributed by atoms with Gasteiger partial charge in [0.25, 0.3) is 5.56 Å². The zero-order valence-electron chi connectivity index (χ0n) is 12.1. The fourth-order valence-electron chi connectivity index (χ4n) is 2.31. The van der Waals surface area contributed by atoms with Crippen LogP contribution in [0.1, 0.15) is 11.1 Å². The number of nitrogens with one attached hydrogen (secondary N) is 1. The van der Waals surface area contributed by atoms with Gasteiger partial charge in [0.1, 0.15) is 17.4 Å². The zero-order chi connectivity index (χ0) is 17.3. The molecule has 0 radical (unpaired) electrons. The number of aromatic nitrogens is 1. The Labute approximate surface area is 151 Å². The molecule has 1 heterocycles. The van der Waals surface area contributed by atoms with Crippen LogP contribution < -0.4 is 5.56 Å². The fourth-order valence-corrected chi connectivity index (χ4v) is 3.81. The molecule has 120 valence electrons. The van der Waals surface area contributed by atoms with E-state index in [4.69, 9.17) is 28.5 Å². The summed E-state index contributed by atoms with van der Waals surface area (Å²) in [5, 5.41) is 11.4. The number of benzene rings is 2. The van der Waals surface area contributed by atoms with Gasteiger partial charge in [0, 0.05) is 16.5 Å². The molecular formula is C17H9Cl2FN2OS. The van der Waals surface area contributed by atoms with Crippen molar-refractivity contribution >= 4 is 45.7 Å². The molecule has 0 aliphatic heterocycles. The van der Waals surface area contributed by atoms with Gasteiger partial charge in [-0.05, 0) is 29.8 Å². The van der Waals surface area contributed by atoms with Gasteiger partial charge in [0.15, 0.2) is 0 Å². The Balaban J connectivity index is 2.07. The lowest BCUT2D eigenvalue weighted by Gasteiger charge is -2.09. The summed E-state index contributed by atoms with van der Waals surface area (Å²) in [6.07, 6.45) is 0. The van der Waals surface area contributed by atoms with Gasteiger partial charge >= 0.3 is 0 Å². The standard InChI is InChI=1S/C17H9Cl2FN2OS/c18-14-3-1-2-9(15(14)19)8-24-17-12-6-10(20)4-5-11(12)13(7-21)16(23)22-17/h1-6H,8H2,(H,22,23). The molecule has 2 aromatic carbocycles. The molecule has 0 saturated heterocycles. The Morgan fingerprint density at radius 3 is 2.75 bits per heavy atom. The lowest BCUT2D eigenvalue weighted by Crippen LogP contribution is -2.11. The van der Waals surface area contributed by atoms with Crippen LogP contribution in [0, 0.1) is 17.1 Å². The monoisotopic (exact) mass is 378 g/mol. The molecule has 0 amide bonds. The largest absolute Gasteiger partial charge is 0.315 e. The molecule has 0 aliphatic carbocycles. The smallest absolute Gasteiger partial charge is 0.267 e. The topological polar surface area (TPSA) is 56.6 Å². The normalized spacial score (nSPS) is 10.8. The predicted molar refractivity (Wildman–Crippen MR) is 95.3 cm³/mol. The number of hydrogen-bond donors (Lipinski definition) is 1. The van der Waals surface area contributed by atoms with Crippen LogP contribution in [0.15, 0.2) is 46.2 Å².